The molecule has 5 heterocycles. The quantitative estimate of drug-likeness (QED) is 0.220. The molecular weight excluding hydrogens is 715 g/mol. The molecule has 4 aromatic rings. The Labute approximate surface area is 316 Å². The van der Waals surface area contributed by atoms with Crippen molar-refractivity contribution in [3.05, 3.63) is 113 Å². The number of para-hydroxylation sites is 1. The molecule has 0 saturated carbocycles. The van der Waals surface area contributed by atoms with Gasteiger partial charge in [-0.3, -0.25) is 29.1 Å². The Morgan fingerprint density at radius 1 is 1.04 bits per heavy atom. The lowest BCUT2D eigenvalue weighted by Crippen LogP contribution is -2.58. The Morgan fingerprint density at radius 2 is 1.78 bits per heavy atom. The molecule has 1 unspecified atom stereocenters. The summed E-state index contributed by atoms with van der Waals surface area (Å²) in [4.78, 5) is 54.7. The van der Waals surface area contributed by atoms with E-state index in [-0.39, 0.29) is 25.0 Å². The summed E-state index contributed by atoms with van der Waals surface area (Å²) >= 11 is 0. The van der Waals surface area contributed by atoms with Crippen molar-refractivity contribution in [1.82, 2.24) is 40.2 Å². The Balaban J connectivity index is 1.14. The van der Waals surface area contributed by atoms with E-state index in [0.717, 1.165) is 51.2 Å². The average molecular weight is 758 g/mol. The van der Waals surface area contributed by atoms with E-state index in [1.54, 1.807) is 29.9 Å². The Morgan fingerprint density at radius 3 is 2.45 bits per heavy atom. The Kier molecular flexibility index (Phi) is 10.8. The van der Waals surface area contributed by atoms with Crippen LogP contribution in [0.2, 0.25) is 0 Å². The number of hydrogen-bond acceptors (Lipinski definition) is 9. The molecule has 2 aromatic heterocycles. The summed E-state index contributed by atoms with van der Waals surface area (Å²) in [5, 5.41) is 10.3. The summed E-state index contributed by atoms with van der Waals surface area (Å²) in [6, 6.07) is 16.2. The highest BCUT2D eigenvalue weighted by molar-refractivity contribution is 6.04. The summed E-state index contributed by atoms with van der Waals surface area (Å²) in [5.41, 5.74) is 1.81. The van der Waals surface area contributed by atoms with Gasteiger partial charge in [0.2, 0.25) is 11.7 Å². The summed E-state index contributed by atoms with van der Waals surface area (Å²) in [5.74, 6) is -2.88. The van der Waals surface area contributed by atoms with Crippen molar-refractivity contribution in [3.8, 4) is 5.69 Å². The van der Waals surface area contributed by atoms with E-state index < -0.39 is 41.5 Å². The first kappa shape index (κ1) is 37.8. The number of anilines is 1. The second kappa shape index (κ2) is 15.7. The standard InChI is InChI=1S/C39H42F3N9O4/c1-4-50-37-30(21-45-51(37)28-11-6-5-7-12-28)32(33(38(50)54)47-36(53)34-43-14-13-31(46-34)39(40,41)42)27-10-8-9-26(19-27)20-44-35(52)24(2)25(3)48-15-17-49(18-16-48)29-22-55-23-29/h5-14,19,21,25,29,32-33H,2,4,15-18,20,22-23H2,1,3H3,(H,44,52)(H,47,53)/t25?,32-,33+/m1/s1. The molecule has 3 aliphatic rings. The number of benzene rings is 2. The number of rotatable bonds is 11. The number of hydrogen-bond donors (Lipinski definition) is 2. The fraction of sp³-hybridized carbons (Fsp3) is 0.385. The van der Waals surface area contributed by atoms with Gasteiger partial charge in [0.25, 0.3) is 11.8 Å². The minimum atomic E-state index is -4.80. The third-order valence-electron chi connectivity index (χ3n) is 10.6. The molecule has 2 N–H and O–H groups in total. The minimum Gasteiger partial charge on any atom is -0.378 e. The summed E-state index contributed by atoms with van der Waals surface area (Å²) in [6.07, 6.45) is -2.33. The fourth-order valence-corrected chi connectivity index (χ4v) is 7.38. The number of amides is 3. The van der Waals surface area contributed by atoms with Crippen LogP contribution >= 0.6 is 0 Å². The maximum Gasteiger partial charge on any atom is 0.433 e. The number of fused-ring (bicyclic) bond motifs is 1. The first-order valence-corrected chi connectivity index (χ1v) is 18.2. The lowest BCUT2D eigenvalue weighted by atomic mass is 9.82. The number of halogens is 3. The van der Waals surface area contributed by atoms with Gasteiger partial charge >= 0.3 is 6.18 Å². The van der Waals surface area contributed by atoms with Crippen LogP contribution in [0.4, 0.5) is 19.0 Å². The monoisotopic (exact) mass is 757 g/mol. The molecule has 0 bridgehead atoms. The van der Waals surface area contributed by atoms with Crippen molar-refractivity contribution in [1.29, 1.82) is 0 Å². The minimum absolute atomic E-state index is 0.154. The average Bonchev–Trinajstić information content (AvgIpc) is 3.61. The largest absolute Gasteiger partial charge is 0.433 e. The maximum atomic E-state index is 14.4. The molecule has 3 amide bonds. The van der Waals surface area contributed by atoms with Crippen molar-refractivity contribution in [3.63, 3.8) is 0 Å². The second-order valence-electron chi connectivity index (χ2n) is 13.8. The number of carbonyl (C=O) groups is 3. The molecular formula is C39H42F3N9O4. The molecule has 0 spiro atoms. The SMILES string of the molecule is C=C(C(=O)NCc1cccc([C@@H]2c3cnn(-c4ccccc4)c3N(CC)C(=O)[C@H]2NC(=O)c2nccc(C(F)(F)F)n2)c1)C(C)N1CCN(C2COC2)CC1. The molecule has 0 aliphatic carbocycles. The Hall–Kier alpha value is -5.45. The van der Waals surface area contributed by atoms with E-state index in [1.165, 1.54) is 4.90 Å². The lowest BCUT2D eigenvalue weighted by molar-refractivity contribution is -0.141. The van der Waals surface area contributed by atoms with E-state index in [2.05, 4.69) is 42.1 Å². The van der Waals surface area contributed by atoms with Crippen LogP contribution in [0.3, 0.4) is 0 Å². The summed E-state index contributed by atoms with van der Waals surface area (Å²) < 4.78 is 47.4. The van der Waals surface area contributed by atoms with Crippen LogP contribution in [0.25, 0.3) is 5.69 Å². The molecule has 13 nitrogen and oxygen atoms in total. The lowest BCUT2D eigenvalue weighted by Gasteiger charge is -2.44. The molecule has 16 heteroatoms. The van der Waals surface area contributed by atoms with Crippen molar-refractivity contribution < 1.29 is 32.3 Å². The highest BCUT2D eigenvalue weighted by atomic mass is 19.4. The molecule has 55 heavy (non-hydrogen) atoms. The topological polar surface area (TPSA) is 138 Å². The third kappa shape index (κ3) is 7.74. The predicted molar refractivity (Wildman–Crippen MR) is 196 cm³/mol. The number of aromatic nitrogens is 4. The molecule has 288 valence electrons. The molecule has 7 rings (SSSR count). The van der Waals surface area contributed by atoms with Crippen LogP contribution in [0.1, 0.15) is 52.8 Å². The molecule has 2 fully saturated rings. The van der Waals surface area contributed by atoms with E-state index in [0.29, 0.717) is 40.3 Å². The van der Waals surface area contributed by atoms with E-state index in [9.17, 15) is 27.6 Å². The molecule has 2 saturated heterocycles. The number of nitrogens with one attached hydrogen (secondary N) is 2. The van der Waals surface area contributed by atoms with Gasteiger partial charge in [-0.15, -0.1) is 0 Å². The van der Waals surface area contributed by atoms with Crippen LogP contribution < -0.4 is 15.5 Å². The van der Waals surface area contributed by atoms with Crippen LogP contribution in [0, 0.1) is 0 Å². The zero-order valence-corrected chi connectivity index (χ0v) is 30.5. The van der Waals surface area contributed by atoms with Gasteiger partial charge in [0.05, 0.1) is 31.1 Å². The fourth-order valence-electron chi connectivity index (χ4n) is 7.38. The smallest absolute Gasteiger partial charge is 0.378 e. The zero-order chi connectivity index (χ0) is 38.9. The number of likely N-dealkylation sites (N-methyl/N-ethyl adjacent to an activating group) is 1. The van der Waals surface area contributed by atoms with Crippen molar-refractivity contribution >= 4 is 23.5 Å². The molecule has 3 atom stereocenters. The van der Waals surface area contributed by atoms with Gasteiger partial charge in [0.15, 0.2) is 0 Å². The summed E-state index contributed by atoms with van der Waals surface area (Å²) in [7, 11) is 0. The number of piperazine rings is 1. The van der Waals surface area contributed by atoms with E-state index >= 15 is 0 Å². The predicted octanol–water partition coefficient (Wildman–Crippen LogP) is 3.56. The van der Waals surface area contributed by atoms with Gasteiger partial charge in [-0.05, 0) is 43.2 Å². The number of carbonyl (C=O) groups excluding carboxylic acids is 3. The number of nitrogens with zero attached hydrogens (tertiary/aromatic N) is 7. The van der Waals surface area contributed by atoms with Crippen LogP contribution in [-0.2, 0) is 27.0 Å². The number of alkyl halides is 3. The van der Waals surface area contributed by atoms with Crippen molar-refractivity contribution in [2.45, 2.75) is 50.6 Å². The highest BCUT2D eigenvalue weighted by Gasteiger charge is 2.45. The van der Waals surface area contributed by atoms with Crippen LogP contribution in [0.15, 0.2) is 85.2 Å². The van der Waals surface area contributed by atoms with Gasteiger partial charge < -0.3 is 15.4 Å². The van der Waals surface area contributed by atoms with Crippen LogP contribution in [-0.4, -0.2) is 111 Å². The first-order chi connectivity index (χ1) is 26.4. The molecule has 2 aromatic carbocycles. The van der Waals surface area contributed by atoms with E-state index in [1.807, 2.05) is 49.4 Å². The first-order valence-electron chi connectivity index (χ1n) is 18.2. The normalized spacial score (nSPS) is 20.0. The number of ether oxygens (including phenoxy) is 1. The van der Waals surface area contributed by atoms with Crippen molar-refractivity contribution in [2.75, 3.05) is 50.8 Å². The van der Waals surface area contributed by atoms with Crippen LogP contribution in [0.5, 0.6) is 0 Å². The zero-order valence-electron chi connectivity index (χ0n) is 30.5. The van der Waals surface area contributed by atoms with Gasteiger partial charge in [0.1, 0.15) is 17.6 Å². The second-order valence-corrected chi connectivity index (χ2v) is 13.8. The molecule has 3 aliphatic heterocycles. The highest BCUT2D eigenvalue weighted by Crippen LogP contribution is 2.41. The van der Waals surface area contributed by atoms with E-state index in [4.69, 9.17) is 4.74 Å². The van der Waals surface area contributed by atoms with Gasteiger partial charge in [-0.2, -0.15) is 18.3 Å². The van der Waals surface area contributed by atoms with Gasteiger partial charge in [-0.25, -0.2) is 14.6 Å². The summed E-state index contributed by atoms with van der Waals surface area (Å²) in [6.45, 7) is 13.2. The van der Waals surface area contributed by atoms with Gasteiger partial charge in [-0.1, -0.05) is 49.0 Å². The maximum absolute atomic E-state index is 14.4. The van der Waals surface area contributed by atoms with Crippen molar-refractivity contribution in [2.24, 2.45) is 0 Å². The third-order valence-corrected chi connectivity index (χ3v) is 10.6. The van der Waals surface area contributed by atoms with Gasteiger partial charge in [0, 0.05) is 68.6 Å². The molecule has 0 radical (unpaired) electrons. The Bertz CT molecular complexity index is 2060.